The molecule has 144 valence electrons. The van der Waals surface area contributed by atoms with Crippen LogP contribution >= 0.6 is 11.3 Å². The third-order valence-electron chi connectivity index (χ3n) is 5.62. The van der Waals surface area contributed by atoms with Gasteiger partial charge in [0.1, 0.15) is 10.0 Å². The standard InChI is InChI=1S/C20H27N5OS/c1-15-22-23-19(27-15)8-9-21-20(26)25-12-10-24(11-13-25)18-7-6-16-4-2-3-5-17(16)14-18/h2-5,18H,6-14H2,1H3,(H,21,26)/t18-/m1/s1. The summed E-state index contributed by atoms with van der Waals surface area (Å²) in [4.78, 5) is 16.9. The summed E-state index contributed by atoms with van der Waals surface area (Å²) in [5.74, 6) is 0. The van der Waals surface area contributed by atoms with Crippen molar-refractivity contribution >= 4 is 17.4 Å². The molecule has 7 heteroatoms. The Morgan fingerprint density at radius 1 is 1.19 bits per heavy atom. The maximum absolute atomic E-state index is 12.4. The van der Waals surface area contributed by atoms with Gasteiger partial charge in [0.25, 0.3) is 0 Å². The van der Waals surface area contributed by atoms with Gasteiger partial charge in [-0.1, -0.05) is 24.3 Å². The highest BCUT2D eigenvalue weighted by molar-refractivity contribution is 7.11. The Morgan fingerprint density at radius 2 is 1.96 bits per heavy atom. The number of aryl methyl sites for hydroxylation is 2. The van der Waals surface area contributed by atoms with Crippen LogP contribution < -0.4 is 5.32 Å². The smallest absolute Gasteiger partial charge is 0.317 e. The molecule has 1 aromatic heterocycles. The van der Waals surface area contributed by atoms with Crippen molar-refractivity contribution in [1.29, 1.82) is 0 Å². The predicted molar refractivity (Wildman–Crippen MR) is 107 cm³/mol. The van der Waals surface area contributed by atoms with Crippen molar-refractivity contribution in [2.75, 3.05) is 32.7 Å². The number of carbonyl (C=O) groups is 1. The van der Waals surface area contributed by atoms with Crippen molar-refractivity contribution in [3.05, 3.63) is 45.4 Å². The van der Waals surface area contributed by atoms with Gasteiger partial charge in [-0.05, 0) is 37.3 Å². The fourth-order valence-electron chi connectivity index (χ4n) is 4.11. The minimum atomic E-state index is 0.0462. The molecular weight excluding hydrogens is 358 g/mol. The minimum Gasteiger partial charge on any atom is -0.338 e. The summed E-state index contributed by atoms with van der Waals surface area (Å²) in [6.45, 7) is 6.12. The van der Waals surface area contributed by atoms with E-state index in [0.717, 1.165) is 49.0 Å². The average molecular weight is 386 g/mol. The van der Waals surface area contributed by atoms with Crippen LogP contribution in [0.5, 0.6) is 0 Å². The first kappa shape index (κ1) is 18.4. The number of hydrogen-bond donors (Lipinski definition) is 1. The maximum atomic E-state index is 12.4. The average Bonchev–Trinajstić information content (AvgIpc) is 3.12. The molecule has 1 aliphatic carbocycles. The van der Waals surface area contributed by atoms with Crippen LogP contribution in [0.2, 0.25) is 0 Å². The second kappa shape index (κ2) is 8.35. The topological polar surface area (TPSA) is 61.4 Å². The molecule has 0 saturated carbocycles. The van der Waals surface area contributed by atoms with E-state index in [1.54, 1.807) is 11.3 Å². The molecule has 0 spiro atoms. The van der Waals surface area contributed by atoms with E-state index < -0.39 is 0 Å². The van der Waals surface area contributed by atoms with Crippen molar-refractivity contribution in [3.8, 4) is 0 Å². The largest absolute Gasteiger partial charge is 0.338 e. The summed E-state index contributed by atoms with van der Waals surface area (Å²) >= 11 is 1.59. The van der Waals surface area contributed by atoms with Crippen molar-refractivity contribution < 1.29 is 4.79 Å². The van der Waals surface area contributed by atoms with E-state index in [1.807, 2.05) is 11.8 Å². The molecule has 0 radical (unpaired) electrons. The summed E-state index contributed by atoms with van der Waals surface area (Å²) < 4.78 is 0. The molecule has 1 N–H and O–H groups in total. The van der Waals surface area contributed by atoms with E-state index >= 15 is 0 Å². The quantitative estimate of drug-likeness (QED) is 0.877. The Hall–Kier alpha value is -1.99. The molecule has 1 saturated heterocycles. The molecule has 1 aliphatic heterocycles. The van der Waals surface area contributed by atoms with Gasteiger partial charge in [0.2, 0.25) is 0 Å². The molecule has 2 amide bonds. The van der Waals surface area contributed by atoms with Gasteiger partial charge in [-0.25, -0.2) is 4.79 Å². The van der Waals surface area contributed by atoms with Gasteiger partial charge in [0.15, 0.2) is 0 Å². The van der Waals surface area contributed by atoms with Crippen LogP contribution in [-0.2, 0) is 19.3 Å². The molecule has 1 aromatic carbocycles. The molecule has 27 heavy (non-hydrogen) atoms. The van der Waals surface area contributed by atoms with Crippen molar-refractivity contribution in [2.24, 2.45) is 0 Å². The van der Waals surface area contributed by atoms with Crippen molar-refractivity contribution in [2.45, 2.75) is 38.6 Å². The van der Waals surface area contributed by atoms with E-state index in [1.165, 1.54) is 24.0 Å². The number of piperazine rings is 1. The number of rotatable bonds is 4. The van der Waals surface area contributed by atoms with Gasteiger partial charge >= 0.3 is 6.03 Å². The zero-order chi connectivity index (χ0) is 18.6. The SMILES string of the molecule is Cc1nnc(CCNC(=O)N2CCN([C@@H]3CCc4ccccc4C3)CC2)s1. The van der Waals surface area contributed by atoms with Crippen LogP contribution in [0.4, 0.5) is 4.79 Å². The first-order chi connectivity index (χ1) is 13.2. The van der Waals surface area contributed by atoms with Crippen LogP contribution in [0.1, 0.15) is 27.6 Å². The molecular formula is C20H27N5OS. The van der Waals surface area contributed by atoms with E-state index in [-0.39, 0.29) is 6.03 Å². The molecule has 4 rings (SSSR count). The number of amides is 2. The Balaban J connectivity index is 1.21. The van der Waals surface area contributed by atoms with E-state index in [9.17, 15) is 4.79 Å². The number of carbonyl (C=O) groups excluding carboxylic acids is 1. The number of fused-ring (bicyclic) bond motifs is 1. The fraction of sp³-hybridized carbons (Fsp3) is 0.550. The molecule has 2 aromatic rings. The molecule has 1 fully saturated rings. The Kier molecular flexibility index (Phi) is 5.69. The Bertz CT molecular complexity index is 784. The second-order valence-electron chi connectivity index (χ2n) is 7.39. The summed E-state index contributed by atoms with van der Waals surface area (Å²) in [7, 11) is 0. The second-order valence-corrected chi connectivity index (χ2v) is 8.65. The molecule has 0 unspecified atom stereocenters. The van der Waals surface area contributed by atoms with Gasteiger partial charge in [0, 0.05) is 45.2 Å². The number of urea groups is 1. The molecule has 1 atom stereocenters. The third-order valence-corrected chi connectivity index (χ3v) is 6.52. The van der Waals surface area contributed by atoms with E-state index in [4.69, 9.17) is 0 Å². The monoisotopic (exact) mass is 385 g/mol. The van der Waals surface area contributed by atoms with Gasteiger partial charge in [0.05, 0.1) is 0 Å². The summed E-state index contributed by atoms with van der Waals surface area (Å²) in [5, 5.41) is 13.1. The fourth-order valence-corrected chi connectivity index (χ4v) is 4.82. The Morgan fingerprint density at radius 3 is 2.70 bits per heavy atom. The zero-order valence-corrected chi connectivity index (χ0v) is 16.7. The lowest BCUT2D eigenvalue weighted by Crippen LogP contribution is -2.55. The molecule has 2 aliphatic rings. The highest BCUT2D eigenvalue weighted by Gasteiger charge is 2.28. The minimum absolute atomic E-state index is 0.0462. The van der Waals surface area contributed by atoms with Gasteiger partial charge in [-0.15, -0.1) is 21.5 Å². The lowest BCUT2D eigenvalue weighted by atomic mass is 9.87. The van der Waals surface area contributed by atoms with Gasteiger partial charge < -0.3 is 10.2 Å². The number of nitrogens with one attached hydrogen (secondary N) is 1. The highest BCUT2D eigenvalue weighted by atomic mass is 32.1. The molecule has 2 heterocycles. The first-order valence-corrected chi connectivity index (χ1v) is 10.6. The summed E-state index contributed by atoms with van der Waals surface area (Å²) in [5.41, 5.74) is 3.01. The number of benzene rings is 1. The number of nitrogens with zero attached hydrogens (tertiary/aromatic N) is 4. The normalized spacial score (nSPS) is 20.3. The van der Waals surface area contributed by atoms with E-state index in [0.29, 0.717) is 12.6 Å². The maximum Gasteiger partial charge on any atom is 0.317 e. The van der Waals surface area contributed by atoms with Crippen LogP contribution in [0, 0.1) is 6.92 Å². The summed E-state index contributed by atoms with van der Waals surface area (Å²) in [6.07, 6.45) is 4.29. The van der Waals surface area contributed by atoms with Crippen LogP contribution in [0.3, 0.4) is 0 Å². The van der Waals surface area contributed by atoms with Crippen LogP contribution in [0.15, 0.2) is 24.3 Å². The van der Waals surface area contributed by atoms with Crippen LogP contribution in [-0.4, -0.2) is 64.8 Å². The van der Waals surface area contributed by atoms with Gasteiger partial charge in [-0.3, -0.25) is 4.90 Å². The van der Waals surface area contributed by atoms with Crippen molar-refractivity contribution in [1.82, 2.24) is 25.3 Å². The highest BCUT2D eigenvalue weighted by Crippen LogP contribution is 2.25. The summed E-state index contributed by atoms with van der Waals surface area (Å²) in [6, 6.07) is 9.48. The zero-order valence-electron chi connectivity index (χ0n) is 15.9. The van der Waals surface area contributed by atoms with Crippen molar-refractivity contribution in [3.63, 3.8) is 0 Å². The van der Waals surface area contributed by atoms with E-state index in [2.05, 4.69) is 44.7 Å². The lowest BCUT2D eigenvalue weighted by Gasteiger charge is -2.41. The third kappa shape index (κ3) is 4.47. The first-order valence-electron chi connectivity index (χ1n) is 9.81. The van der Waals surface area contributed by atoms with Crippen LogP contribution in [0.25, 0.3) is 0 Å². The predicted octanol–water partition coefficient (Wildman–Crippen LogP) is 2.27. The number of aromatic nitrogens is 2. The lowest BCUT2D eigenvalue weighted by molar-refractivity contribution is 0.101. The number of hydrogen-bond acceptors (Lipinski definition) is 5. The van der Waals surface area contributed by atoms with Gasteiger partial charge in [-0.2, -0.15) is 0 Å². The molecule has 6 nitrogen and oxygen atoms in total. The Labute approximate surface area is 164 Å². The molecule has 0 bridgehead atoms.